The fraction of sp³-hybridized carbons (Fsp3) is 0.583. The van der Waals surface area contributed by atoms with E-state index in [0.29, 0.717) is 12.1 Å². The average Bonchev–Trinajstić information content (AvgIpc) is 2.72. The molecule has 3 rings (SSSR count). The van der Waals surface area contributed by atoms with Crippen molar-refractivity contribution >= 4 is 0 Å². The molecule has 0 aliphatic carbocycles. The highest BCUT2D eigenvalue weighted by molar-refractivity contribution is 5.16. The number of pyridine rings is 1. The second-order valence-corrected chi connectivity index (χ2v) is 4.52. The second-order valence-electron chi connectivity index (χ2n) is 4.52. The first-order chi connectivity index (χ1) is 7.92. The minimum atomic E-state index is 0.328. The molecule has 1 N–H and O–H groups in total. The van der Waals surface area contributed by atoms with Crippen LogP contribution in [0.3, 0.4) is 0 Å². The maximum Gasteiger partial charge on any atom is 0.138 e. The third-order valence-corrected chi connectivity index (χ3v) is 3.38. The molecule has 0 radical (unpaired) electrons. The monoisotopic (exact) mass is 219 g/mol. The molecule has 2 atom stereocenters. The number of nitrogens with one attached hydrogen (secondary N) is 1. The topological polar surface area (TPSA) is 37.4 Å². The summed E-state index contributed by atoms with van der Waals surface area (Å²) in [5, 5.41) is 3.43. The Morgan fingerprint density at radius 1 is 1.50 bits per heavy atom. The van der Waals surface area contributed by atoms with E-state index in [4.69, 9.17) is 4.74 Å². The maximum atomic E-state index is 5.94. The van der Waals surface area contributed by atoms with Crippen molar-refractivity contribution in [3.63, 3.8) is 0 Å². The first-order valence-corrected chi connectivity index (χ1v) is 5.93. The molecule has 0 bridgehead atoms. The molecule has 0 saturated carbocycles. The number of ether oxygens (including phenoxy) is 1. The molecule has 0 aromatic carbocycles. The van der Waals surface area contributed by atoms with Crippen molar-refractivity contribution in [3.8, 4) is 5.75 Å². The van der Waals surface area contributed by atoms with Gasteiger partial charge in [0.1, 0.15) is 11.9 Å². The van der Waals surface area contributed by atoms with Gasteiger partial charge >= 0.3 is 0 Å². The zero-order valence-electron chi connectivity index (χ0n) is 9.30. The SMILES string of the molecule is c1cncc(OC2CC3CNCCN3C2)c1. The first kappa shape index (κ1) is 10.1. The van der Waals surface area contributed by atoms with Crippen LogP contribution >= 0.6 is 0 Å². The van der Waals surface area contributed by atoms with Crippen LogP contribution in [0.5, 0.6) is 5.75 Å². The molecule has 1 aromatic heterocycles. The van der Waals surface area contributed by atoms with Crippen LogP contribution in [-0.2, 0) is 0 Å². The van der Waals surface area contributed by atoms with E-state index in [2.05, 4.69) is 15.2 Å². The van der Waals surface area contributed by atoms with Crippen molar-refractivity contribution in [2.45, 2.75) is 18.6 Å². The normalized spacial score (nSPS) is 30.0. The molecule has 2 saturated heterocycles. The zero-order chi connectivity index (χ0) is 10.8. The number of hydrogen-bond donors (Lipinski definition) is 1. The van der Waals surface area contributed by atoms with Crippen LogP contribution in [0.1, 0.15) is 6.42 Å². The fourth-order valence-corrected chi connectivity index (χ4v) is 2.61. The predicted octanol–water partition coefficient (Wildman–Crippen LogP) is 0.506. The van der Waals surface area contributed by atoms with Gasteiger partial charge in [-0.2, -0.15) is 0 Å². The molecule has 2 aliphatic rings. The molecular weight excluding hydrogens is 202 g/mol. The van der Waals surface area contributed by atoms with Crippen LogP contribution < -0.4 is 10.1 Å². The van der Waals surface area contributed by atoms with Crippen molar-refractivity contribution in [2.24, 2.45) is 0 Å². The van der Waals surface area contributed by atoms with Gasteiger partial charge in [-0.25, -0.2) is 0 Å². The van der Waals surface area contributed by atoms with Crippen LogP contribution in [0, 0.1) is 0 Å². The summed E-state index contributed by atoms with van der Waals surface area (Å²) in [6.45, 7) is 4.42. The second kappa shape index (κ2) is 4.39. The summed E-state index contributed by atoms with van der Waals surface area (Å²) in [6, 6.07) is 4.55. The van der Waals surface area contributed by atoms with Crippen LogP contribution in [0.4, 0.5) is 0 Å². The standard InChI is InChI=1S/C12H17N3O/c1-2-11(8-13-3-1)16-12-6-10-7-14-4-5-15(10)9-12/h1-3,8,10,12,14H,4-7,9H2. The molecule has 2 unspecified atom stereocenters. The van der Waals surface area contributed by atoms with Crippen LogP contribution in [-0.4, -0.2) is 48.2 Å². The Balaban J connectivity index is 1.61. The third-order valence-electron chi connectivity index (χ3n) is 3.38. The maximum absolute atomic E-state index is 5.94. The molecule has 0 amide bonds. The van der Waals surface area contributed by atoms with Crippen LogP contribution in [0.25, 0.3) is 0 Å². The van der Waals surface area contributed by atoms with E-state index in [0.717, 1.165) is 38.3 Å². The van der Waals surface area contributed by atoms with E-state index >= 15 is 0 Å². The lowest BCUT2D eigenvalue weighted by Crippen LogP contribution is -2.47. The average molecular weight is 219 g/mol. The van der Waals surface area contributed by atoms with Gasteiger partial charge in [0.25, 0.3) is 0 Å². The molecule has 1 aromatic rings. The molecule has 3 heterocycles. The lowest BCUT2D eigenvalue weighted by atomic mass is 10.2. The Morgan fingerprint density at radius 3 is 3.31 bits per heavy atom. The van der Waals surface area contributed by atoms with E-state index in [1.54, 1.807) is 12.4 Å². The Kier molecular flexibility index (Phi) is 2.76. The number of hydrogen-bond acceptors (Lipinski definition) is 4. The van der Waals surface area contributed by atoms with Crippen LogP contribution in [0.15, 0.2) is 24.5 Å². The molecule has 16 heavy (non-hydrogen) atoms. The van der Waals surface area contributed by atoms with Gasteiger partial charge in [-0.3, -0.25) is 9.88 Å². The molecule has 2 aliphatic heterocycles. The van der Waals surface area contributed by atoms with Crippen LogP contribution in [0.2, 0.25) is 0 Å². The van der Waals surface area contributed by atoms with E-state index in [1.807, 2.05) is 12.1 Å². The minimum Gasteiger partial charge on any atom is -0.487 e. The molecule has 4 heteroatoms. The summed E-state index contributed by atoms with van der Waals surface area (Å²) in [4.78, 5) is 6.59. The number of rotatable bonds is 2. The van der Waals surface area contributed by atoms with Crippen molar-refractivity contribution in [1.29, 1.82) is 0 Å². The molecular formula is C12H17N3O. The van der Waals surface area contributed by atoms with Gasteiger partial charge in [0.05, 0.1) is 6.20 Å². The summed E-state index contributed by atoms with van der Waals surface area (Å²) in [7, 11) is 0. The Bertz CT molecular complexity index is 329. The highest BCUT2D eigenvalue weighted by Crippen LogP contribution is 2.23. The quantitative estimate of drug-likeness (QED) is 0.786. The van der Waals surface area contributed by atoms with E-state index < -0.39 is 0 Å². The number of aromatic nitrogens is 1. The van der Waals surface area contributed by atoms with Gasteiger partial charge in [0.2, 0.25) is 0 Å². The molecule has 86 valence electrons. The molecule has 4 nitrogen and oxygen atoms in total. The highest BCUT2D eigenvalue weighted by atomic mass is 16.5. The summed E-state index contributed by atoms with van der Waals surface area (Å²) in [5.41, 5.74) is 0. The van der Waals surface area contributed by atoms with Gasteiger partial charge < -0.3 is 10.1 Å². The van der Waals surface area contributed by atoms with Crippen molar-refractivity contribution in [3.05, 3.63) is 24.5 Å². The number of fused-ring (bicyclic) bond motifs is 1. The largest absolute Gasteiger partial charge is 0.487 e. The smallest absolute Gasteiger partial charge is 0.138 e. The summed E-state index contributed by atoms with van der Waals surface area (Å²) in [5.74, 6) is 0.889. The third kappa shape index (κ3) is 2.03. The van der Waals surface area contributed by atoms with Crippen molar-refractivity contribution in [1.82, 2.24) is 15.2 Å². The van der Waals surface area contributed by atoms with E-state index in [9.17, 15) is 0 Å². The van der Waals surface area contributed by atoms with E-state index in [1.165, 1.54) is 0 Å². The van der Waals surface area contributed by atoms with Gasteiger partial charge in [0.15, 0.2) is 0 Å². The lowest BCUT2D eigenvalue weighted by molar-refractivity contribution is 0.186. The Labute approximate surface area is 95.6 Å². The number of nitrogens with zero attached hydrogens (tertiary/aromatic N) is 2. The van der Waals surface area contributed by atoms with Gasteiger partial charge in [-0.05, 0) is 12.1 Å². The minimum absolute atomic E-state index is 0.328. The summed E-state index contributed by atoms with van der Waals surface area (Å²) < 4.78 is 5.94. The molecule has 2 fully saturated rings. The lowest BCUT2D eigenvalue weighted by Gasteiger charge is -2.29. The number of piperazine rings is 1. The fourth-order valence-electron chi connectivity index (χ4n) is 2.61. The summed E-state index contributed by atoms with van der Waals surface area (Å²) >= 11 is 0. The van der Waals surface area contributed by atoms with Gasteiger partial charge in [0, 0.05) is 44.8 Å². The van der Waals surface area contributed by atoms with Crippen molar-refractivity contribution < 1.29 is 4.74 Å². The Morgan fingerprint density at radius 2 is 2.50 bits per heavy atom. The summed E-state index contributed by atoms with van der Waals surface area (Å²) in [6.07, 6.45) is 5.01. The Hall–Kier alpha value is -1.13. The predicted molar refractivity (Wildman–Crippen MR) is 61.5 cm³/mol. The van der Waals surface area contributed by atoms with Gasteiger partial charge in [-0.15, -0.1) is 0 Å². The van der Waals surface area contributed by atoms with Crippen molar-refractivity contribution in [2.75, 3.05) is 26.2 Å². The van der Waals surface area contributed by atoms with Gasteiger partial charge in [-0.1, -0.05) is 0 Å². The zero-order valence-corrected chi connectivity index (χ0v) is 9.30. The first-order valence-electron chi connectivity index (χ1n) is 5.93. The highest BCUT2D eigenvalue weighted by Gasteiger charge is 2.34. The molecule has 0 spiro atoms. The van der Waals surface area contributed by atoms with E-state index in [-0.39, 0.29) is 0 Å².